The van der Waals surface area contributed by atoms with Crippen molar-refractivity contribution >= 4 is 23.1 Å². The van der Waals surface area contributed by atoms with E-state index in [0.29, 0.717) is 5.92 Å². The number of benzene rings is 2. The zero-order valence-electron chi connectivity index (χ0n) is 17.2. The van der Waals surface area contributed by atoms with Crippen LogP contribution in [0, 0.1) is 5.92 Å². The summed E-state index contributed by atoms with van der Waals surface area (Å²) in [7, 11) is 0. The van der Waals surface area contributed by atoms with Crippen LogP contribution in [0.5, 0.6) is 0 Å². The van der Waals surface area contributed by atoms with Crippen molar-refractivity contribution in [1.82, 2.24) is 0 Å². The molecule has 1 fully saturated rings. The lowest BCUT2D eigenvalue weighted by Gasteiger charge is -2.29. The van der Waals surface area contributed by atoms with Crippen molar-refractivity contribution in [3.8, 4) is 0 Å². The van der Waals surface area contributed by atoms with E-state index in [1.807, 2.05) is 0 Å². The van der Waals surface area contributed by atoms with E-state index in [1.54, 1.807) is 0 Å². The monoisotopic (exact) mass is 391 g/mol. The highest BCUT2D eigenvalue weighted by Crippen LogP contribution is 2.37. The van der Waals surface area contributed by atoms with Gasteiger partial charge in [0.2, 0.25) is 0 Å². The molecule has 0 aliphatic heterocycles. The Labute approximate surface area is 176 Å². The largest absolute Gasteiger partial charge is 0.195 e. The Bertz CT molecular complexity index is 748. The lowest BCUT2D eigenvalue weighted by molar-refractivity contribution is 0.310. The van der Waals surface area contributed by atoms with Crippen LogP contribution in [0.25, 0.3) is 0 Å². The first-order valence-electron chi connectivity index (χ1n) is 11.0. The molecule has 2 aromatic carbocycles. The highest BCUT2D eigenvalue weighted by Gasteiger charge is 2.22. The van der Waals surface area contributed by atoms with Crippen molar-refractivity contribution in [3.63, 3.8) is 0 Å². The maximum absolute atomic E-state index is 4.68. The zero-order valence-corrected chi connectivity index (χ0v) is 18.0. The van der Waals surface area contributed by atoms with E-state index < -0.39 is 0 Å². The number of nitrogens with zero attached hydrogens (tertiary/aromatic N) is 1. The molecule has 1 nitrogen and oxygen atoms in total. The van der Waals surface area contributed by atoms with Gasteiger partial charge in [-0.25, -0.2) is 0 Å². The Morgan fingerprint density at radius 2 is 1.50 bits per heavy atom. The zero-order chi connectivity index (χ0) is 19.6. The van der Waals surface area contributed by atoms with Crippen LogP contribution < -0.4 is 0 Å². The Kier molecular flexibility index (Phi) is 8.45. The molecular weight excluding hydrogens is 358 g/mol. The van der Waals surface area contributed by atoms with Crippen molar-refractivity contribution in [1.29, 1.82) is 0 Å². The number of isothiocyanates is 1. The van der Waals surface area contributed by atoms with E-state index in [2.05, 4.69) is 77.8 Å². The molecule has 1 saturated carbocycles. The molecule has 0 spiro atoms. The molecule has 0 radical (unpaired) electrons. The Morgan fingerprint density at radius 3 is 2.11 bits per heavy atom. The molecule has 0 bridgehead atoms. The predicted octanol–water partition coefficient (Wildman–Crippen LogP) is 8.06. The summed E-state index contributed by atoms with van der Waals surface area (Å²) in [6.07, 6.45) is 13.1. The van der Waals surface area contributed by atoms with Crippen LogP contribution in [0.3, 0.4) is 0 Å². The minimum Gasteiger partial charge on any atom is -0.195 e. The van der Waals surface area contributed by atoms with E-state index >= 15 is 0 Å². The van der Waals surface area contributed by atoms with Crippen molar-refractivity contribution in [3.05, 3.63) is 65.2 Å². The Morgan fingerprint density at radius 1 is 0.857 bits per heavy atom. The fourth-order valence-corrected chi connectivity index (χ4v) is 4.59. The van der Waals surface area contributed by atoms with Gasteiger partial charge in [0.15, 0.2) is 0 Å². The molecule has 28 heavy (non-hydrogen) atoms. The summed E-state index contributed by atoms with van der Waals surface area (Å²) in [6, 6.07) is 18.0. The topological polar surface area (TPSA) is 12.4 Å². The SMILES string of the molecule is CCCCCc1ccc(CC[C@H]2CC[C@H](c3ccc(N=C=S)cc3)CC2)cc1. The molecule has 2 aromatic rings. The number of aryl methyl sites for hydroxylation is 2. The number of thiocarbonyl (C=S) groups is 1. The van der Waals surface area contributed by atoms with Crippen molar-refractivity contribution in [2.75, 3.05) is 0 Å². The molecule has 0 atom stereocenters. The molecule has 148 valence electrons. The second kappa shape index (κ2) is 11.3. The summed E-state index contributed by atoms with van der Waals surface area (Å²) in [5, 5.41) is 2.44. The van der Waals surface area contributed by atoms with Crippen LogP contribution in [0.1, 0.15) is 80.9 Å². The second-order valence-corrected chi connectivity index (χ2v) is 8.51. The third-order valence-electron chi connectivity index (χ3n) is 6.32. The van der Waals surface area contributed by atoms with E-state index in [1.165, 1.54) is 80.9 Å². The first-order chi connectivity index (χ1) is 13.8. The van der Waals surface area contributed by atoms with Gasteiger partial charge in [-0.15, -0.1) is 0 Å². The van der Waals surface area contributed by atoms with Gasteiger partial charge < -0.3 is 0 Å². The average molecular weight is 392 g/mol. The molecular formula is C26H33NS. The number of hydrogen-bond acceptors (Lipinski definition) is 2. The van der Waals surface area contributed by atoms with Crippen molar-refractivity contribution in [2.24, 2.45) is 10.9 Å². The van der Waals surface area contributed by atoms with Gasteiger partial charge in [-0.3, -0.25) is 0 Å². The molecule has 0 unspecified atom stereocenters. The van der Waals surface area contributed by atoms with Crippen LogP contribution >= 0.6 is 12.2 Å². The molecule has 1 aliphatic rings. The molecule has 0 amide bonds. The van der Waals surface area contributed by atoms with Crippen LogP contribution in [-0.2, 0) is 12.8 Å². The van der Waals surface area contributed by atoms with E-state index in [9.17, 15) is 0 Å². The minimum atomic E-state index is 0.712. The minimum absolute atomic E-state index is 0.712. The van der Waals surface area contributed by atoms with Gasteiger partial charge in [-0.2, -0.15) is 4.99 Å². The third kappa shape index (κ3) is 6.40. The highest BCUT2D eigenvalue weighted by atomic mass is 32.1. The fourth-order valence-electron chi connectivity index (χ4n) is 4.48. The Hall–Kier alpha value is -1.76. The summed E-state index contributed by atoms with van der Waals surface area (Å²) in [5.41, 5.74) is 5.38. The van der Waals surface area contributed by atoms with Crippen LogP contribution in [0.4, 0.5) is 5.69 Å². The maximum atomic E-state index is 4.68. The van der Waals surface area contributed by atoms with Gasteiger partial charge in [0.05, 0.1) is 10.8 Å². The van der Waals surface area contributed by atoms with Gasteiger partial charge in [0.25, 0.3) is 0 Å². The summed E-state index contributed by atoms with van der Waals surface area (Å²) in [5.74, 6) is 1.60. The molecule has 0 aromatic heterocycles. The van der Waals surface area contributed by atoms with E-state index in [4.69, 9.17) is 0 Å². The van der Waals surface area contributed by atoms with Crippen molar-refractivity contribution < 1.29 is 0 Å². The smallest absolute Gasteiger partial charge is 0.0739 e. The summed E-state index contributed by atoms with van der Waals surface area (Å²) >= 11 is 4.68. The lowest BCUT2D eigenvalue weighted by Crippen LogP contribution is -2.14. The predicted molar refractivity (Wildman–Crippen MR) is 124 cm³/mol. The second-order valence-electron chi connectivity index (χ2n) is 8.32. The average Bonchev–Trinajstić information content (AvgIpc) is 2.75. The van der Waals surface area contributed by atoms with Crippen molar-refractivity contribution in [2.45, 2.75) is 77.0 Å². The van der Waals surface area contributed by atoms with Gasteiger partial charge in [0, 0.05) is 0 Å². The number of unbranched alkanes of at least 4 members (excludes halogenated alkanes) is 2. The first kappa shape index (κ1) is 21.0. The normalized spacial score (nSPS) is 19.2. The number of aliphatic imine (C=N–C) groups is 1. The first-order valence-corrected chi connectivity index (χ1v) is 11.4. The van der Waals surface area contributed by atoms with Gasteiger partial charge >= 0.3 is 0 Å². The summed E-state index contributed by atoms with van der Waals surface area (Å²) in [4.78, 5) is 4.05. The van der Waals surface area contributed by atoms with Crippen LogP contribution in [0.15, 0.2) is 53.5 Å². The quantitative estimate of drug-likeness (QED) is 0.239. The summed E-state index contributed by atoms with van der Waals surface area (Å²) < 4.78 is 0. The molecule has 0 heterocycles. The standard InChI is InChI=1S/C26H33NS/c1-2-3-4-5-21-6-8-22(9-7-21)10-11-23-12-14-24(15-13-23)25-16-18-26(19-17-25)27-20-28/h6-9,16-19,23-24H,2-5,10-15H2,1H3/t23-,24-. The van der Waals surface area contributed by atoms with Gasteiger partial charge in [-0.05, 0) is 104 Å². The number of rotatable bonds is 9. The Balaban J connectivity index is 1.41. The van der Waals surface area contributed by atoms with E-state index in [0.717, 1.165) is 11.6 Å². The molecule has 0 N–H and O–H groups in total. The molecule has 3 rings (SSSR count). The van der Waals surface area contributed by atoms with Crippen LogP contribution in [0.2, 0.25) is 0 Å². The maximum Gasteiger partial charge on any atom is 0.0739 e. The molecule has 0 saturated heterocycles. The highest BCUT2D eigenvalue weighted by molar-refractivity contribution is 7.78. The van der Waals surface area contributed by atoms with Gasteiger partial charge in [0.1, 0.15) is 0 Å². The van der Waals surface area contributed by atoms with E-state index in [-0.39, 0.29) is 0 Å². The fraction of sp³-hybridized carbons (Fsp3) is 0.500. The molecule has 2 heteroatoms. The van der Waals surface area contributed by atoms with Gasteiger partial charge in [-0.1, -0.05) is 56.2 Å². The van der Waals surface area contributed by atoms with Crippen LogP contribution in [-0.4, -0.2) is 5.16 Å². The third-order valence-corrected chi connectivity index (χ3v) is 6.41. The molecule has 1 aliphatic carbocycles. The lowest BCUT2D eigenvalue weighted by atomic mass is 9.77. The summed E-state index contributed by atoms with van der Waals surface area (Å²) in [6.45, 7) is 2.27. The number of hydrogen-bond donors (Lipinski definition) is 0.